The van der Waals surface area contributed by atoms with Gasteiger partial charge in [0.1, 0.15) is 5.75 Å². The van der Waals surface area contributed by atoms with E-state index in [2.05, 4.69) is 24.8 Å². The second-order valence-electron chi connectivity index (χ2n) is 7.23. The molecular formula is C24H29ClO4. The number of halogens is 1. The third-order valence-corrected chi connectivity index (χ3v) is 5.51. The normalized spacial score (nSPS) is 21.7. The quantitative estimate of drug-likeness (QED) is 0.567. The highest BCUT2D eigenvalue weighted by atomic mass is 35.5. The highest BCUT2D eigenvalue weighted by Crippen LogP contribution is 2.40. The number of aliphatic hydroxyl groups is 1. The lowest BCUT2D eigenvalue weighted by molar-refractivity contribution is -0.289. The first kappa shape index (κ1) is 21.8. The Balaban J connectivity index is 1.87. The first-order valence-electron chi connectivity index (χ1n) is 10.1. The number of aliphatic hydroxyl groups excluding tert-OH is 1. The summed E-state index contributed by atoms with van der Waals surface area (Å²) in [6, 6.07) is 14.0. The Hall–Kier alpha value is -1.85. The third kappa shape index (κ3) is 5.40. The maximum atomic E-state index is 9.62. The molecule has 1 aliphatic heterocycles. The standard InChI is InChI=1S/C24H29ClO4/c1-3-14-28-24(13-5-6-22(17-26)29-24)20-9-12-23(25)19(16-20)15-18-7-10-21(11-8-18)27-4-2/h3,7-12,16,22,26H,1,4-6,13-15,17H2,2H3. The lowest BCUT2D eigenvalue weighted by Crippen LogP contribution is -2.42. The van der Waals surface area contributed by atoms with Gasteiger partial charge in [-0.15, -0.1) is 6.58 Å². The molecule has 2 atom stereocenters. The molecule has 0 amide bonds. The van der Waals surface area contributed by atoms with Gasteiger partial charge in [0.25, 0.3) is 0 Å². The monoisotopic (exact) mass is 416 g/mol. The number of ether oxygens (including phenoxy) is 3. The largest absolute Gasteiger partial charge is 0.494 e. The van der Waals surface area contributed by atoms with E-state index in [-0.39, 0.29) is 12.7 Å². The van der Waals surface area contributed by atoms with Crippen LogP contribution >= 0.6 is 11.6 Å². The van der Waals surface area contributed by atoms with Gasteiger partial charge in [-0.2, -0.15) is 0 Å². The van der Waals surface area contributed by atoms with Crippen LogP contribution in [0.4, 0.5) is 0 Å². The van der Waals surface area contributed by atoms with E-state index >= 15 is 0 Å². The molecule has 1 N–H and O–H groups in total. The maximum Gasteiger partial charge on any atom is 0.195 e. The summed E-state index contributed by atoms with van der Waals surface area (Å²) in [4.78, 5) is 0. The topological polar surface area (TPSA) is 47.9 Å². The molecular weight excluding hydrogens is 388 g/mol. The van der Waals surface area contributed by atoms with Gasteiger partial charge in [0.2, 0.25) is 0 Å². The summed E-state index contributed by atoms with van der Waals surface area (Å²) < 4.78 is 17.9. The van der Waals surface area contributed by atoms with Crippen LogP contribution in [0.1, 0.15) is 42.9 Å². The van der Waals surface area contributed by atoms with Crippen molar-refractivity contribution in [2.45, 2.75) is 44.5 Å². The highest BCUT2D eigenvalue weighted by Gasteiger charge is 2.40. The fraction of sp³-hybridized carbons (Fsp3) is 0.417. The summed E-state index contributed by atoms with van der Waals surface area (Å²) >= 11 is 6.51. The predicted molar refractivity (Wildman–Crippen MR) is 116 cm³/mol. The average Bonchev–Trinajstić information content (AvgIpc) is 2.75. The Morgan fingerprint density at radius 1 is 1.28 bits per heavy atom. The Morgan fingerprint density at radius 3 is 2.76 bits per heavy atom. The van der Waals surface area contributed by atoms with E-state index in [0.717, 1.165) is 41.7 Å². The van der Waals surface area contributed by atoms with Crippen LogP contribution in [0.25, 0.3) is 0 Å². The average molecular weight is 417 g/mol. The molecule has 2 aromatic rings. The van der Waals surface area contributed by atoms with Crippen molar-refractivity contribution in [3.63, 3.8) is 0 Å². The SMILES string of the molecule is C=CCOC1(c2ccc(Cl)c(Cc3ccc(OCC)cc3)c2)CCCC(CO)O1. The summed E-state index contributed by atoms with van der Waals surface area (Å²) in [6.07, 6.45) is 4.63. The van der Waals surface area contributed by atoms with Crippen LogP contribution in [0.3, 0.4) is 0 Å². The first-order valence-corrected chi connectivity index (χ1v) is 10.5. The Labute approximate surface area is 178 Å². The second kappa shape index (κ2) is 10.3. The minimum Gasteiger partial charge on any atom is -0.494 e. The van der Waals surface area contributed by atoms with Gasteiger partial charge < -0.3 is 19.3 Å². The van der Waals surface area contributed by atoms with Crippen LogP contribution in [-0.2, 0) is 21.7 Å². The van der Waals surface area contributed by atoms with Gasteiger partial charge in [0, 0.05) is 17.0 Å². The molecule has 1 aliphatic rings. The number of rotatable bonds is 9. The van der Waals surface area contributed by atoms with Gasteiger partial charge in [-0.1, -0.05) is 35.9 Å². The molecule has 0 saturated carbocycles. The molecule has 0 radical (unpaired) electrons. The molecule has 0 bridgehead atoms. The van der Waals surface area contributed by atoms with E-state index in [0.29, 0.717) is 24.7 Å². The van der Waals surface area contributed by atoms with Gasteiger partial charge in [-0.25, -0.2) is 0 Å². The van der Waals surface area contributed by atoms with Crippen molar-refractivity contribution in [3.8, 4) is 5.75 Å². The lowest BCUT2D eigenvalue weighted by atomic mass is 9.92. The van der Waals surface area contributed by atoms with Crippen LogP contribution in [-0.4, -0.2) is 31.0 Å². The molecule has 5 heteroatoms. The summed E-state index contributed by atoms with van der Waals surface area (Å²) in [5, 5.41) is 10.3. The maximum absolute atomic E-state index is 9.62. The summed E-state index contributed by atoms with van der Waals surface area (Å²) in [6.45, 7) is 6.72. The van der Waals surface area contributed by atoms with Crippen LogP contribution in [0.2, 0.25) is 5.02 Å². The zero-order valence-electron chi connectivity index (χ0n) is 16.9. The van der Waals surface area contributed by atoms with E-state index < -0.39 is 5.79 Å². The Kier molecular flexibility index (Phi) is 7.73. The molecule has 1 fully saturated rings. The molecule has 0 spiro atoms. The fourth-order valence-electron chi connectivity index (χ4n) is 3.71. The van der Waals surface area contributed by atoms with Crippen molar-refractivity contribution < 1.29 is 19.3 Å². The second-order valence-corrected chi connectivity index (χ2v) is 7.63. The van der Waals surface area contributed by atoms with Crippen molar-refractivity contribution in [1.29, 1.82) is 0 Å². The Bertz CT molecular complexity index is 805. The summed E-state index contributed by atoms with van der Waals surface area (Å²) in [5.74, 6) is -0.0311. The van der Waals surface area contributed by atoms with Crippen molar-refractivity contribution in [2.24, 2.45) is 0 Å². The van der Waals surface area contributed by atoms with Crippen molar-refractivity contribution in [2.75, 3.05) is 19.8 Å². The van der Waals surface area contributed by atoms with Gasteiger partial charge in [0.15, 0.2) is 5.79 Å². The number of hydrogen-bond acceptors (Lipinski definition) is 4. The fourth-order valence-corrected chi connectivity index (χ4v) is 3.90. The molecule has 29 heavy (non-hydrogen) atoms. The van der Waals surface area contributed by atoms with E-state index in [9.17, 15) is 5.11 Å². The lowest BCUT2D eigenvalue weighted by Gasteiger charge is -2.41. The molecule has 1 saturated heterocycles. The van der Waals surface area contributed by atoms with Crippen LogP contribution in [0, 0.1) is 0 Å². The van der Waals surface area contributed by atoms with Gasteiger partial charge in [-0.05, 0) is 61.6 Å². The highest BCUT2D eigenvalue weighted by molar-refractivity contribution is 6.31. The van der Waals surface area contributed by atoms with E-state index in [4.69, 9.17) is 25.8 Å². The zero-order chi connectivity index (χ0) is 20.7. The van der Waals surface area contributed by atoms with E-state index in [1.165, 1.54) is 0 Å². The van der Waals surface area contributed by atoms with Crippen LogP contribution < -0.4 is 4.74 Å². The first-order chi connectivity index (χ1) is 14.1. The molecule has 4 nitrogen and oxygen atoms in total. The molecule has 2 aromatic carbocycles. The smallest absolute Gasteiger partial charge is 0.195 e. The van der Waals surface area contributed by atoms with E-state index in [1.807, 2.05) is 31.2 Å². The van der Waals surface area contributed by atoms with E-state index in [1.54, 1.807) is 6.08 Å². The molecule has 2 unspecified atom stereocenters. The molecule has 0 aliphatic carbocycles. The predicted octanol–water partition coefficient (Wildman–Crippen LogP) is 5.25. The third-order valence-electron chi connectivity index (χ3n) is 5.14. The molecule has 0 aromatic heterocycles. The minimum atomic E-state index is -0.891. The van der Waals surface area contributed by atoms with Gasteiger partial charge in [-0.3, -0.25) is 0 Å². The molecule has 3 rings (SSSR count). The summed E-state index contributed by atoms with van der Waals surface area (Å²) in [5.41, 5.74) is 3.07. The molecule has 156 valence electrons. The van der Waals surface area contributed by atoms with Crippen molar-refractivity contribution in [1.82, 2.24) is 0 Å². The number of benzene rings is 2. The van der Waals surface area contributed by atoms with Crippen LogP contribution in [0.15, 0.2) is 55.1 Å². The van der Waals surface area contributed by atoms with Crippen LogP contribution in [0.5, 0.6) is 5.75 Å². The van der Waals surface area contributed by atoms with Crippen molar-refractivity contribution >= 4 is 11.6 Å². The Morgan fingerprint density at radius 2 is 2.07 bits per heavy atom. The minimum absolute atomic E-state index is 0.0220. The van der Waals surface area contributed by atoms with Crippen molar-refractivity contribution in [3.05, 3.63) is 76.8 Å². The summed E-state index contributed by atoms with van der Waals surface area (Å²) in [7, 11) is 0. The number of hydrogen-bond donors (Lipinski definition) is 1. The van der Waals surface area contributed by atoms with Gasteiger partial charge >= 0.3 is 0 Å². The van der Waals surface area contributed by atoms with Gasteiger partial charge in [0.05, 0.1) is 25.9 Å². The zero-order valence-corrected chi connectivity index (χ0v) is 17.7. The molecule has 1 heterocycles.